The summed E-state index contributed by atoms with van der Waals surface area (Å²) in [7, 11) is 1.55. The molecule has 0 spiro atoms. The molecule has 0 aliphatic rings. The van der Waals surface area contributed by atoms with Crippen molar-refractivity contribution in [1.29, 1.82) is 0 Å². The minimum Gasteiger partial charge on any atom is -0.480 e. The molecule has 94 valence electrons. The molecule has 16 heavy (non-hydrogen) atoms. The molecule has 2 atom stereocenters. The number of methoxy groups -OCH3 is 1. The molecule has 0 aliphatic carbocycles. The Morgan fingerprint density at radius 3 is 2.50 bits per heavy atom. The summed E-state index contributed by atoms with van der Waals surface area (Å²) < 4.78 is 4.78. The summed E-state index contributed by atoms with van der Waals surface area (Å²) in [6, 6.07) is -1.92. The van der Waals surface area contributed by atoms with Gasteiger partial charge in [-0.15, -0.1) is 0 Å². The van der Waals surface area contributed by atoms with Crippen LogP contribution in [0, 0.1) is 0 Å². The maximum absolute atomic E-state index is 11.2. The first-order valence-electron chi connectivity index (χ1n) is 4.93. The maximum atomic E-state index is 11.2. The first-order valence-corrected chi connectivity index (χ1v) is 4.93. The molecular formula is C9H18N2O5. The van der Waals surface area contributed by atoms with Crippen molar-refractivity contribution < 1.29 is 24.5 Å². The Kier molecular flexibility index (Phi) is 7.23. The lowest BCUT2D eigenvalue weighted by molar-refractivity contribution is -0.141. The third kappa shape index (κ3) is 6.20. The van der Waals surface area contributed by atoms with Gasteiger partial charge in [-0.05, 0) is 13.3 Å². The van der Waals surface area contributed by atoms with Gasteiger partial charge in [-0.2, -0.15) is 0 Å². The normalized spacial score (nSPS) is 13.9. The molecule has 0 heterocycles. The van der Waals surface area contributed by atoms with Gasteiger partial charge in [0.15, 0.2) is 6.04 Å². The number of hydrogen-bond donors (Lipinski definition) is 4. The van der Waals surface area contributed by atoms with Crippen LogP contribution in [0.15, 0.2) is 0 Å². The monoisotopic (exact) mass is 234 g/mol. The van der Waals surface area contributed by atoms with Gasteiger partial charge in [0.2, 0.25) is 0 Å². The Bertz CT molecular complexity index is 232. The van der Waals surface area contributed by atoms with E-state index >= 15 is 0 Å². The van der Waals surface area contributed by atoms with Gasteiger partial charge in [0.1, 0.15) is 0 Å². The topological polar surface area (TPSA) is 108 Å². The lowest BCUT2D eigenvalue weighted by atomic mass is 10.2. The van der Waals surface area contributed by atoms with E-state index in [9.17, 15) is 9.59 Å². The number of amides is 2. The molecule has 0 fully saturated rings. The van der Waals surface area contributed by atoms with Crippen LogP contribution in [0.3, 0.4) is 0 Å². The average molecular weight is 234 g/mol. The third-order valence-corrected chi connectivity index (χ3v) is 1.85. The molecule has 0 aliphatic heterocycles. The summed E-state index contributed by atoms with van der Waals surface area (Å²) >= 11 is 0. The fourth-order valence-electron chi connectivity index (χ4n) is 0.999. The highest BCUT2D eigenvalue weighted by molar-refractivity contribution is 5.82. The zero-order valence-corrected chi connectivity index (χ0v) is 9.40. The van der Waals surface area contributed by atoms with E-state index in [-0.39, 0.29) is 0 Å². The number of urea groups is 1. The fraction of sp³-hybridized carbons (Fsp3) is 0.778. The van der Waals surface area contributed by atoms with Crippen LogP contribution in [0.25, 0.3) is 0 Å². The van der Waals surface area contributed by atoms with Crippen molar-refractivity contribution in [2.24, 2.45) is 0 Å². The largest absolute Gasteiger partial charge is 0.480 e. The average Bonchev–Trinajstić information content (AvgIpc) is 2.20. The zero-order chi connectivity index (χ0) is 12.6. The van der Waals surface area contributed by atoms with Gasteiger partial charge >= 0.3 is 12.0 Å². The number of carboxylic acids is 1. The summed E-state index contributed by atoms with van der Waals surface area (Å²) in [4.78, 5) is 21.8. The molecule has 7 nitrogen and oxygen atoms in total. The number of carboxylic acid groups (broad SMARTS) is 1. The van der Waals surface area contributed by atoms with Crippen LogP contribution in [0.5, 0.6) is 0 Å². The lowest BCUT2D eigenvalue weighted by Gasteiger charge is -2.17. The third-order valence-electron chi connectivity index (χ3n) is 1.85. The van der Waals surface area contributed by atoms with Gasteiger partial charge in [-0.1, -0.05) is 0 Å². The van der Waals surface area contributed by atoms with Crippen LogP contribution in [-0.2, 0) is 9.53 Å². The molecule has 0 bridgehead atoms. The number of hydrogen-bond acceptors (Lipinski definition) is 4. The smallest absolute Gasteiger partial charge is 0.328 e. The Labute approximate surface area is 93.8 Å². The van der Waals surface area contributed by atoms with E-state index in [1.165, 1.54) is 6.92 Å². The second-order valence-corrected chi connectivity index (χ2v) is 3.30. The zero-order valence-electron chi connectivity index (χ0n) is 9.40. The van der Waals surface area contributed by atoms with E-state index in [0.717, 1.165) is 0 Å². The van der Waals surface area contributed by atoms with Crippen molar-refractivity contribution in [3.63, 3.8) is 0 Å². The van der Waals surface area contributed by atoms with Gasteiger partial charge in [0.05, 0.1) is 6.10 Å². The van der Waals surface area contributed by atoms with Crippen molar-refractivity contribution in [2.45, 2.75) is 25.5 Å². The molecular weight excluding hydrogens is 216 g/mol. The molecule has 0 saturated heterocycles. The van der Waals surface area contributed by atoms with E-state index in [1.807, 2.05) is 0 Å². The van der Waals surface area contributed by atoms with E-state index < -0.39 is 24.1 Å². The van der Waals surface area contributed by atoms with Crippen molar-refractivity contribution in [3.8, 4) is 0 Å². The predicted octanol–water partition coefficient (Wildman–Crippen LogP) is -0.844. The van der Waals surface area contributed by atoms with E-state index in [1.54, 1.807) is 7.11 Å². The minimum absolute atomic E-state index is 0.381. The number of aliphatic carboxylic acids is 1. The van der Waals surface area contributed by atoms with Crippen LogP contribution >= 0.6 is 0 Å². The number of aliphatic hydroxyl groups excluding tert-OH is 1. The van der Waals surface area contributed by atoms with Crippen molar-refractivity contribution in [3.05, 3.63) is 0 Å². The van der Waals surface area contributed by atoms with Crippen molar-refractivity contribution in [1.82, 2.24) is 10.6 Å². The molecule has 0 radical (unpaired) electrons. The summed E-state index contributed by atoms with van der Waals surface area (Å²) in [5.74, 6) is -1.28. The molecule has 0 aromatic carbocycles. The SMILES string of the molecule is COCCCNC(=O)NC(C(=O)O)C(C)O. The number of nitrogens with one attached hydrogen (secondary N) is 2. The number of ether oxygens (including phenoxy) is 1. The second-order valence-electron chi connectivity index (χ2n) is 3.30. The summed E-state index contributed by atoms with van der Waals surface area (Å²) in [6.45, 7) is 2.19. The van der Waals surface area contributed by atoms with Crippen molar-refractivity contribution in [2.75, 3.05) is 20.3 Å². The molecule has 0 rings (SSSR count). The molecule has 0 aromatic rings. The summed E-state index contributed by atoms with van der Waals surface area (Å²) in [6.07, 6.45) is -0.515. The first-order chi connectivity index (χ1) is 7.49. The Balaban J connectivity index is 3.87. The first kappa shape index (κ1) is 14.7. The standard InChI is InChI=1S/C9H18N2O5/c1-6(12)7(8(13)14)11-9(15)10-4-3-5-16-2/h6-7,12H,3-5H2,1-2H3,(H,13,14)(H2,10,11,15). The highest BCUT2D eigenvalue weighted by atomic mass is 16.5. The second kappa shape index (κ2) is 7.89. The summed E-state index contributed by atoms with van der Waals surface area (Å²) in [5.41, 5.74) is 0. The van der Waals surface area contributed by atoms with E-state index in [4.69, 9.17) is 14.9 Å². The van der Waals surface area contributed by atoms with Gasteiger partial charge in [-0.25, -0.2) is 9.59 Å². The number of carbonyl (C=O) groups excluding carboxylic acids is 1. The quantitative estimate of drug-likeness (QED) is 0.429. The van der Waals surface area contributed by atoms with Crippen LogP contribution in [0.2, 0.25) is 0 Å². The Hall–Kier alpha value is -1.34. The Morgan fingerprint density at radius 2 is 2.06 bits per heavy atom. The van der Waals surface area contributed by atoms with Crippen LogP contribution < -0.4 is 10.6 Å². The highest BCUT2D eigenvalue weighted by Gasteiger charge is 2.24. The summed E-state index contributed by atoms with van der Waals surface area (Å²) in [5, 5.41) is 22.4. The van der Waals surface area contributed by atoms with E-state index in [2.05, 4.69) is 10.6 Å². The maximum Gasteiger partial charge on any atom is 0.328 e. The number of carbonyl (C=O) groups is 2. The van der Waals surface area contributed by atoms with Crippen molar-refractivity contribution >= 4 is 12.0 Å². The van der Waals surface area contributed by atoms with Crippen LogP contribution in [0.1, 0.15) is 13.3 Å². The molecule has 4 N–H and O–H groups in total. The minimum atomic E-state index is -1.30. The van der Waals surface area contributed by atoms with Gasteiger partial charge in [0.25, 0.3) is 0 Å². The highest BCUT2D eigenvalue weighted by Crippen LogP contribution is 1.92. The number of aliphatic hydroxyl groups is 1. The molecule has 7 heteroatoms. The molecule has 2 amide bonds. The van der Waals surface area contributed by atoms with Gasteiger partial charge in [-0.3, -0.25) is 0 Å². The predicted molar refractivity (Wildman–Crippen MR) is 56.1 cm³/mol. The van der Waals surface area contributed by atoms with Crippen LogP contribution in [0.4, 0.5) is 4.79 Å². The molecule has 2 unspecified atom stereocenters. The Morgan fingerprint density at radius 1 is 1.44 bits per heavy atom. The van der Waals surface area contributed by atoms with Gasteiger partial charge < -0.3 is 25.6 Å². The van der Waals surface area contributed by atoms with E-state index in [0.29, 0.717) is 19.6 Å². The lowest BCUT2D eigenvalue weighted by Crippen LogP contribution is -2.51. The molecule has 0 aromatic heterocycles. The fourth-order valence-corrected chi connectivity index (χ4v) is 0.999. The van der Waals surface area contributed by atoms with Crippen LogP contribution in [-0.4, -0.2) is 54.6 Å². The van der Waals surface area contributed by atoms with Gasteiger partial charge in [0, 0.05) is 20.3 Å². The molecule has 0 saturated carbocycles. The number of rotatable bonds is 7.